The number of primary amides is 1. The molecule has 0 heterocycles. The molecule has 0 aliphatic carbocycles. The molecular weight excluding hydrogens is 473 g/mol. The summed E-state index contributed by atoms with van der Waals surface area (Å²) >= 11 is 0. The van der Waals surface area contributed by atoms with Crippen molar-refractivity contribution in [3.05, 3.63) is 93.0 Å². The monoisotopic (exact) mass is 505 g/mol. The number of hydrogen-bond acceptors (Lipinski definition) is 5. The lowest BCUT2D eigenvalue weighted by molar-refractivity contribution is -0.123. The first-order valence-corrected chi connectivity index (χ1v) is 13.4. The lowest BCUT2D eigenvalue weighted by Crippen LogP contribution is -2.31. The maximum atomic E-state index is 14.9. The van der Waals surface area contributed by atoms with E-state index in [2.05, 4.69) is 0 Å². The Morgan fingerprint density at radius 1 is 0.750 bits per heavy atom. The number of hydrogen-bond donors (Lipinski definition) is 1. The summed E-state index contributed by atoms with van der Waals surface area (Å²) in [5, 5.41) is 0.0467. The van der Waals surface area contributed by atoms with Crippen LogP contribution in [0.2, 0.25) is 0 Å². The van der Waals surface area contributed by atoms with Crippen LogP contribution >= 0.6 is 7.14 Å². The molecule has 7 heteroatoms. The van der Waals surface area contributed by atoms with Crippen molar-refractivity contribution in [2.24, 2.45) is 5.73 Å². The molecule has 0 aliphatic rings. The summed E-state index contributed by atoms with van der Waals surface area (Å²) in [5.41, 5.74) is 8.95. The minimum absolute atomic E-state index is 0.0467. The highest BCUT2D eigenvalue weighted by Crippen LogP contribution is 2.53. The Balaban J connectivity index is 2.30. The van der Waals surface area contributed by atoms with Crippen molar-refractivity contribution in [3.8, 4) is 5.75 Å². The van der Waals surface area contributed by atoms with Crippen LogP contribution in [0.4, 0.5) is 0 Å². The first kappa shape index (κ1) is 27.1. The minimum Gasteiger partial charge on any atom is -0.481 e. The average molecular weight is 506 g/mol. The minimum atomic E-state index is -4.40. The molecule has 36 heavy (non-hydrogen) atoms. The molecule has 6 nitrogen and oxygen atoms in total. The van der Waals surface area contributed by atoms with Gasteiger partial charge in [-0.25, -0.2) is 0 Å². The van der Waals surface area contributed by atoms with Crippen LogP contribution in [0.1, 0.15) is 61.0 Å². The summed E-state index contributed by atoms with van der Waals surface area (Å²) in [4.78, 5) is 39.8. The van der Waals surface area contributed by atoms with E-state index >= 15 is 0 Å². The number of ether oxygens (including phenoxy) is 1. The Morgan fingerprint density at radius 3 is 1.56 bits per heavy atom. The van der Waals surface area contributed by atoms with Gasteiger partial charge in [-0.3, -0.25) is 14.4 Å². The highest BCUT2D eigenvalue weighted by Gasteiger charge is 2.45. The largest absolute Gasteiger partial charge is 0.481 e. The fraction of sp³-hybridized carbons (Fsp3) is 0.276. The molecule has 3 rings (SSSR count). The first-order chi connectivity index (χ1) is 16.8. The van der Waals surface area contributed by atoms with Gasteiger partial charge >= 0.3 is 0 Å². The van der Waals surface area contributed by atoms with Gasteiger partial charge in [0.05, 0.1) is 0 Å². The Bertz CT molecular complexity index is 1320. The van der Waals surface area contributed by atoms with Crippen molar-refractivity contribution in [2.45, 2.75) is 54.6 Å². The van der Waals surface area contributed by atoms with E-state index in [4.69, 9.17) is 10.5 Å². The molecule has 0 spiro atoms. The number of amides is 1. The fourth-order valence-corrected chi connectivity index (χ4v) is 7.28. The van der Waals surface area contributed by atoms with Gasteiger partial charge in [0.2, 0.25) is 18.2 Å². The molecule has 1 atom stereocenters. The molecule has 0 aromatic heterocycles. The number of rotatable bonds is 8. The third-order valence-electron chi connectivity index (χ3n) is 6.25. The van der Waals surface area contributed by atoms with Crippen LogP contribution in [0.15, 0.2) is 48.5 Å². The van der Waals surface area contributed by atoms with E-state index in [0.29, 0.717) is 22.3 Å². The zero-order valence-electron chi connectivity index (χ0n) is 21.8. The molecule has 0 saturated heterocycles. The van der Waals surface area contributed by atoms with Crippen LogP contribution in [-0.4, -0.2) is 23.1 Å². The van der Waals surface area contributed by atoms with Gasteiger partial charge < -0.3 is 15.0 Å². The first-order valence-electron chi connectivity index (χ1n) is 11.7. The molecule has 188 valence electrons. The Kier molecular flexibility index (Phi) is 7.70. The Morgan fingerprint density at radius 2 is 1.17 bits per heavy atom. The van der Waals surface area contributed by atoms with Gasteiger partial charge in [0.25, 0.3) is 5.91 Å². The van der Waals surface area contributed by atoms with E-state index in [1.807, 2.05) is 38.1 Å². The second-order valence-corrected chi connectivity index (χ2v) is 12.0. The highest BCUT2D eigenvalue weighted by molar-refractivity contribution is 8.01. The topological polar surface area (TPSA) is 104 Å². The van der Waals surface area contributed by atoms with Gasteiger partial charge in [-0.05, 0) is 82.9 Å². The standard InChI is InChI=1S/C29H32NO5P/c1-16-11-18(3)25(19(4)12-16)28(32)36(34,29(33)26-20(5)13-17(2)14-21(26)6)24-10-8-9-23(15-24)35-22(7)27(30)31/h8-15,22H,1-7H3,(H2,30,31). The third kappa shape index (κ3) is 5.05. The van der Waals surface area contributed by atoms with E-state index in [0.717, 1.165) is 11.1 Å². The maximum absolute atomic E-state index is 14.9. The van der Waals surface area contributed by atoms with Crippen molar-refractivity contribution >= 4 is 29.4 Å². The van der Waals surface area contributed by atoms with Gasteiger partial charge in [-0.1, -0.05) is 47.5 Å². The van der Waals surface area contributed by atoms with Gasteiger partial charge in [0.15, 0.2) is 6.10 Å². The van der Waals surface area contributed by atoms with Crippen LogP contribution in [0.3, 0.4) is 0 Å². The Hall–Kier alpha value is -3.50. The number of carbonyl (C=O) groups excluding carboxylic acids is 3. The van der Waals surface area contributed by atoms with Crippen LogP contribution < -0.4 is 15.8 Å². The fourth-order valence-electron chi connectivity index (χ4n) is 4.69. The predicted molar refractivity (Wildman–Crippen MR) is 143 cm³/mol. The Labute approximate surface area is 212 Å². The number of carbonyl (C=O) groups is 3. The quantitative estimate of drug-likeness (QED) is 0.410. The van der Waals surface area contributed by atoms with E-state index in [9.17, 15) is 18.9 Å². The summed E-state index contributed by atoms with van der Waals surface area (Å²) in [5.74, 6) is -0.484. The van der Waals surface area contributed by atoms with E-state index in [-0.39, 0.29) is 22.2 Å². The smallest absolute Gasteiger partial charge is 0.258 e. The second kappa shape index (κ2) is 10.2. The van der Waals surface area contributed by atoms with Crippen molar-refractivity contribution in [1.82, 2.24) is 0 Å². The highest BCUT2D eigenvalue weighted by atomic mass is 31.2. The zero-order chi connectivity index (χ0) is 26.9. The van der Waals surface area contributed by atoms with Crippen LogP contribution in [-0.2, 0) is 9.36 Å². The summed E-state index contributed by atoms with van der Waals surface area (Å²) in [6.45, 7) is 12.4. The molecule has 3 aromatic rings. The molecule has 2 N–H and O–H groups in total. The van der Waals surface area contributed by atoms with E-state index < -0.39 is 30.2 Å². The van der Waals surface area contributed by atoms with Crippen LogP contribution in [0.25, 0.3) is 0 Å². The van der Waals surface area contributed by atoms with Crippen molar-refractivity contribution < 1.29 is 23.7 Å². The molecule has 3 aromatic carbocycles. The maximum Gasteiger partial charge on any atom is 0.258 e. The van der Waals surface area contributed by atoms with Gasteiger partial charge in [-0.15, -0.1) is 0 Å². The number of aryl methyl sites for hydroxylation is 6. The lowest BCUT2D eigenvalue weighted by atomic mass is 10.0. The summed E-state index contributed by atoms with van der Waals surface area (Å²) in [6, 6.07) is 13.4. The SMILES string of the molecule is Cc1cc(C)c(C(=O)P(=O)(C(=O)c2c(C)cc(C)cc2C)c2cccc(OC(C)C(N)=O)c2)c(C)c1. The van der Waals surface area contributed by atoms with Gasteiger partial charge in [0, 0.05) is 16.4 Å². The van der Waals surface area contributed by atoms with E-state index in [1.54, 1.807) is 39.8 Å². The van der Waals surface area contributed by atoms with Crippen molar-refractivity contribution in [2.75, 3.05) is 0 Å². The number of nitrogens with two attached hydrogens (primary N) is 1. The van der Waals surface area contributed by atoms with E-state index in [1.165, 1.54) is 19.1 Å². The third-order valence-corrected chi connectivity index (χ3v) is 8.85. The molecule has 1 amide bonds. The number of benzene rings is 3. The molecule has 0 radical (unpaired) electrons. The van der Waals surface area contributed by atoms with Gasteiger partial charge in [-0.2, -0.15) is 0 Å². The van der Waals surface area contributed by atoms with Gasteiger partial charge in [0.1, 0.15) is 5.75 Å². The lowest BCUT2D eigenvalue weighted by Gasteiger charge is -2.22. The molecular formula is C29H32NO5P. The van der Waals surface area contributed by atoms with Crippen LogP contribution in [0.5, 0.6) is 5.75 Å². The summed E-state index contributed by atoms with van der Waals surface area (Å²) in [6.07, 6.45) is -0.950. The normalized spacial score (nSPS) is 12.2. The molecule has 1 unspecified atom stereocenters. The summed E-state index contributed by atoms with van der Waals surface area (Å²) < 4.78 is 20.5. The predicted octanol–water partition coefficient (Wildman–Crippen LogP) is 5.46. The van der Waals surface area contributed by atoms with Crippen molar-refractivity contribution in [3.63, 3.8) is 0 Å². The molecule has 0 fully saturated rings. The average Bonchev–Trinajstić information content (AvgIpc) is 2.77. The summed E-state index contributed by atoms with van der Waals surface area (Å²) in [7, 11) is -4.40. The molecule has 0 bridgehead atoms. The molecule has 0 aliphatic heterocycles. The zero-order valence-corrected chi connectivity index (χ0v) is 22.7. The van der Waals surface area contributed by atoms with Crippen LogP contribution in [0, 0.1) is 41.5 Å². The van der Waals surface area contributed by atoms with Crippen molar-refractivity contribution in [1.29, 1.82) is 0 Å². The second-order valence-electron chi connectivity index (χ2n) is 9.43. The molecule has 0 saturated carbocycles.